The van der Waals surface area contributed by atoms with Crippen LogP contribution in [-0.2, 0) is 6.54 Å². The van der Waals surface area contributed by atoms with Crippen LogP contribution < -0.4 is 4.90 Å². The van der Waals surface area contributed by atoms with Gasteiger partial charge in [-0.25, -0.2) is 4.39 Å². The highest BCUT2D eigenvalue weighted by Gasteiger charge is 2.15. The maximum atomic E-state index is 13.1. The molecular weight excluding hydrogens is 207 g/mol. The number of rotatable bonds is 3. The minimum atomic E-state index is -0.286. The van der Waals surface area contributed by atoms with E-state index in [0.717, 1.165) is 24.3 Å². The summed E-state index contributed by atoms with van der Waals surface area (Å²) in [5, 5.41) is 3.50. The molecule has 5 heteroatoms. The molecule has 0 aliphatic carbocycles. The Balaban J connectivity index is 2.30. The highest BCUT2D eigenvalue weighted by molar-refractivity contribution is 5.54. The number of nitrogens with zero attached hydrogens (tertiary/aromatic N) is 4. The summed E-state index contributed by atoms with van der Waals surface area (Å²) in [5.41, 5.74) is 10.1. The van der Waals surface area contributed by atoms with Crippen LogP contribution in [0.15, 0.2) is 23.3 Å². The van der Waals surface area contributed by atoms with Crippen molar-refractivity contribution in [2.75, 3.05) is 18.0 Å². The Morgan fingerprint density at radius 1 is 1.38 bits per heavy atom. The minimum absolute atomic E-state index is 0.208. The summed E-state index contributed by atoms with van der Waals surface area (Å²) in [5.74, 6) is -0.286. The van der Waals surface area contributed by atoms with E-state index in [2.05, 4.69) is 14.9 Å². The van der Waals surface area contributed by atoms with Gasteiger partial charge >= 0.3 is 0 Å². The molecule has 1 aliphatic heterocycles. The summed E-state index contributed by atoms with van der Waals surface area (Å²) in [6, 6.07) is 4.67. The van der Waals surface area contributed by atoms with Gasteiger partial charge in [0.25, 0.3) is 0 Å². The molecule has 0 unspecified atom stereocenters. The Morgan fingerprint density at radius 2 is 2.12 bits per heavy atom. The number of halogens is 1. The molecule has 1 fully saturated rings. The molecule has 0 radical (unpaired) electrons. The number of azide groups is 1. The van der Waals surface area contributed by atoms with Crippen molar-refractivity contribution in [2.24, 2.45) is 5.11 Å². The number of anilines is 1. The number of benzene rings is 1. The van der Waals surface area contributed by atoms with Crippen molar-refractivity contribution < 1.29 is 4.39 Å². The second-order valence-electron chi connectivity index (χ2n) is 3.86. The van der Waals surface area contributed by atoms with Crippen LogP contribution in [0.4, 0.5) is 10.1 Å². The molecule has 16 heavy (non-hydrogen) atoms. The standard InChI is InChI=1S/C11H13FN4/c12-10-3-4-11(16-5-1-2-6-16)9(7-10)8-14-15-13/h3-4,7H,1-2,5-6,8H2. The summed E-state index contributed by atoms with van der Waals surface area (Å²) in [7, 11) is 0. The van der Waals surface area contributed by atoms with Gasteiger partial charge in [-0.3, -0.25) is 0 Å². The van der Waals surface area contributed by atoms with Gasteiger partial charge in [0, 0.05) is 23.7 Å². The third kappa shape index (κ3) is 2.25. The molecule has 0 bridgehead atoms. The van der Waals surface area contributed by atoms with Gasteiger partial charge in [0.05, 0.1) is 6.54 Å². The summed E-state index contributed by atoms with van der Waals surface area (Å²) in [6.45, 7) is 2.20. The molecule has 0 saturated carbocycles. The van der Waals surface area contributed by atoms with Crippen molar-refractivity contribution >= 4 is 5.69 Å². The molecule has 0 spiro atoms. The molecule has 1 aromatic carbocycles. The first-order valence-electron chi connectivity index (χ1n) is 5.35. The van der Waals surface area contributed by atoms with Crippen LogP contribution in [0.3, 0.4) is 0 Å². The third-order valence-electron chi connectivity index (χ3n) is 2.79. The zero-order valence-electron chi connectivity index (χ0n) is 8.93. The predicted octanol–water partition coefficient (Wildman–Crippen LogP) is 3.24. The Labute approximate surface area is 93.3 Å². The van der Waals surface area contributed by atoms with Crippen molar-refractivity contribution in [3.63, 3.8) is 0 Å². The lowest BCUT2D eigenvalue weighted by atomic mass is 10.1. The Morgan fingerprint density at radius 3 is 2.81 bits per heavy atom. The van der Waals surface area contributed by atoms with Crippen LogP contribution in [0.25, 0.3) is 10.4 Å². The van der Waals surface area contributed by atoms with E-state index < -0.39 is 0 Å². The maximum Gasteiger partial charge on any atom is 0.123 e. The van der Waals surface area contributed by atoms with Crippen LogP contribution in [0, 0.1) is 5.82 Å². The quantitative estimate of drug-likeness (QED) is 0.438. The van der Waals surface area contributed by atoms with E-state index in [1.165, 1.54) is 25.0 Å². The van der Waals surface area contributed by atoms with E-state index in [-0.39, 0.29) is 12.4 Å². The van der Waals surface area contributed by atoms with Crippen LogP contribution in [-0.4, -0.2) is 13.1 Å². The predicted molar refractivity (Wildman–Crippen MR) is 60.7 cm³/mol. The fourth-order valence-electron chi connectivity index (χ4n) is 2.06. The molecule has 1 saturated heterocycles. The third-order valence-corrected chi connectivity index (χ3v) is 2.79. The SMILES string of the molecule is [N-]=[N+]=NCc1cc(F)ccc1N1CCCC1. The second kappa shape index (κ2) is 4.86. The van der Waals surface area contributed by atoms with Crippen LogP contribution in [0.5, 0.6) is 0 Å². The normalized spacial score (nSPS) is 14.9. The number of hydrogen-bond acceptors (Lipinski definition) is 2. The van der Waals surface area contributed by atoms with Gasteiger partial charge in [0.2, 0.25) is 0 Å². The molecule has 0 aromatic heterocycles. The van der Waals surface area contributed by atoms with E-state index in [9.17, 15) is 4.39 Å². The highest BCUT2D eigenvalue weighted by atomic mass is 19.1. The van der Waals surface area contributed by atoms with Gasteiger partial charge in [-0.15, -0.1) is 0 Å². The lowest BCUT2D eigenvalue weighted by molar-refractivity contribution is 0.625. The first-order chi connectivity index (χ1) is 7.81. The van der Waals surface area contributed by atoms with Crippen molar-refractivity contribution in [3.05, 3.63) is 40.0 Å². The smallest absolute Gasteiger partial charge is 0.123 e. The molecule has 84 valence electrons. The molecule has 0 N–H and O–H groups in total. The van der Waals surface area contributed by atoms with E-state index in [0.29, 0.717) is 0 Å². The van der Waals surface area contributed by atoms with Crippen LogP contribution in [0.1, 0.15) is 18.4 Å². The van der Waals surface area contributed by atoms with E-state index >= 15 is 0 Å². The van der Waals surface area contributed by atoms with Gasteiger partial charge in [-0.1, -0.05) is 5.11 Å². The molecule has 1 aromatic rings. The summed E-state index contributed by atoms with van der Waals surface area (Å²) in [4.78, 5) is 4.92. The van der Waals surface area contributed by atoms with Crippen LogP contribution in [0.2, 0.25) is 0 Å². The average molecular weight is 220 g/mol. The molecule has 1 aliphatic rings. The van der Waals surface area contributed by atoms with Crippen molar-refractivity contribution in [2.45, 2.75) is 19.4 Å². The summed E-state index contributed by atoms with van der Waals surface area (Å²) < 4.78 is 13.1. The highest BCUT2D eigenvalue weighted by Crippen LogP contribution is 2.26. The summed E-state index contributed by atoms with van der Waals surface area (Å²) in [6.07, 6.45) is 2.33. The summed E-state index contributed by atoms with van der Waals surface area (Å²) >= 11 is 0. The van der Waals surface area contributed by atoms with E-state index in [1.54, 1.807) is 6.07 Å². The zero-order valence-corrected chi connectivity index (χ0v) is 8.93. The maximum absolute atomic E-state index is 13.1. The molecular formula is C11H13FN4. The Hall–Kier alpha value is -1.74. The van der Waals surface area contributed by atoms with Gasteiger partial charge in [-0.05, 0) is 42.1 Å². The van der Waals surface area contributed by atoms with Gasteiger partial charge in [0.15, 0.2) is 0 Å². The van der Waals surface area contributed by atoms with Crippen molar-refractivity contribution in [3.8, 4) is 0 Å². The molecule has 1 heterocycles. The van der Waals surface area contributed by atoms with Crippen molar-refractivity contribution in [1.29, 1.82) is 0 Å². The van der Waals surface area contributed by atoms with Crippen LogP contribution >= 0.6 is 0 Å². The lowest BCUT2D eigenvalue weighted by Crippen LogP contribution is -2.19. The zero-order chi connectivity index (χ0) is 11.4. The first-order valence-corrected chi connectivity index (χ1v) is 5.35. The molecule has 2 rings (SSSR count). The van der Waals surface area contributed by atoms with Gasteiger partial charge < -0.3 is 4.90 Å². The second-order valence-corrected chi connectivity index (χ2v) is 3.86. The topological polar surface area (TPSA) is 52.0 Å². The monoisotopic (exact) mass is 220 g/mol. The lowest BCUT2D eigenvalue weighted by Gasteiger charge is -2.20. The number of hydrogen-bond donors (Lipinski definition) is 0. The van der Waals surface area contributed by atoms with Gasteiger partial charge in [-0.2, -0.15) is 0 Å². The Kier molecular flexibility index (Phi) is 3.27. The Bertz CT molecular complexity index is 420. The fraction of sp³-hybridized carbons (Fsp3) is 0.455. The first kappa shape index (κ1) is 10.8. The van der Waals surface area contributed by atoms with Gasteiger partial charge in [0.1, 0.15) is 5.82 Å². The van der Waals surface area contributed by atoms with Crippen molar-refractivity contribution in [1.82, 2.24) is 0 Å². The fourth-order valence-corrected chi connectivity index (χ4v) is 2.06. The average Bonchev–Trinajstić information content (AvgIpc) is 2.80. The molecule has 0 amide bonds. The molecule has 4 nitrogen and oxygen atoms in total. The van der Waals surface area contributed by atoms with E-state index in [1.807, 2.05) is 0 Å². The largest absolute Gasteiger partial charge is 0.371 e. The molecule has 0 atom stereocenters. The van der Waals surface area contributed by atoms with E-state index in [4.69, 9.17) is 5.53 Å². The minimum Gasteiger partial charge on any atom is -0.371 e.